The van der Waals surface area contributed by atoms with E-state index in [0.717, 1.165) is 12.0 Å². The number of carbonyl (C=O) groups excluding carboxylic acids is 1. The van der Waals surface area contributed by atoms with Crippen molar-refractivity contribution < 1.29 is 14.7 Å². The Morgan fingerprint density at radius 3 is 2.90 bits per heavy atom. The second kappa shape index (κ2) is 6.23. The van der Waals surface area contributed by atoms with Crippen molar-refractivity contribution in [2.75, 3.05) is 18.8 Å². The van der Waals surface area contributed by atoms with E-state index in [2.05, 4.69) is 0 Å². The number of aliphatic carboxylic acids is 1. The zero-order valence-electron chi connectivity index (χ0n) is 11.2. The van der Waals surface area contributed by atoms with E-state index in [1.165, 1.54) is 6.08 Å². The number of nitrogen functional groups attached to an aromatic ring is 1. The Bertz CT molecular complexity index is 540. The molecule has 1 fully saturated rings. The maximum Gasteiger partial charge on any atom is 0.308 e. The lowest BCUT2D eigenvalue weighted by molar-refractivity contribution is -0.144. The van der Waals surface area contributed by atoms with Crippen LogP contribution in [0.25, 0.3) is 6.08 Å². The van der Waals surface area contributed by atoms with Gasteiger partial charge in [-0.25, -0.2) is 0 Å². The summed E-state index contributed by atoms with van der Waals surface area (Å²) in [5.74, 6) is -1.44. The Morgan fingerprint density at radius 2 is 2.20 bits per heavy atom. The van der Waals surface area contributed by atoms with Crippen LogP contribution in [0.5, 0.6) is 0 Å². The van der Waals surface area contributed by atoms with Crippen LogP contribution in [0.2, 0.25) is 0 Å². The number of nitrogens with two attached hydrogens (primary N) is 1. The average Bonchev–Trinajstić information content (AvgIpc) is 2.45. The second-order valence-electron chi connectivity index (χ2n) is 4.97. The van der Waals surface area contributed by atoms with Gasteiger partial charge in [-0.3, -0.25) is 9.59 Å². The van der Waals surface area contributed by atoms with Crippen molar-refractivity contribution >= 4 is 23.6 Å². The molecule has 0 aromatic heterocycles. The van der Waals surface area contributed by atoms with Crippen LogP contribution in [0.4, 0.5) is 5.69 Å². The largest absolute Gasteiger partial charge is 0.481 e. The Labute approximate surface area is 117 Å². The number of piperidine rings is 1. The van der Waals surface area contributed by atoms with E-state index in [0.29, 0.717) is 18.7 Å². The maximum absolute atomic E-state index is 12.0. The van der Waals surface area contributed by atoms with E-state index in [1.807, 2.05) is 12.1 Å². The summed E-state index contributed by atoms with van der Waals surface area (Å²) in [5, 5.41) is 9.01. The van der Waals surface area contributed by atoms with Crippen molar-refractivity contribution in [3.05, 3.63) is 35.9 Å². The van der Waals surface area contributed by atoms with Crippen molar-refractivity contribution in [1.82, 2.24) is 4.90 Å². The van der Waals surface area contributed by atoms with Gasteiger partial charge in [-0.1, -0.05) is 12.1 Å². The number of carboxylic acid groups (broad SMARTS) is 1. The number of carboxylic acids is 1. The van der Waals surface area contributed by atoms with Crippen molar-refractivity contribution in [2.45, 2.75) is 12.8 Å². The normalized spacial score (nSPS) is 19.2. The van der Waals surface area contributed by atoms with Gasteiger partial charge in [0.05, 0.1) is 5.92 Å². The highest BCUT2D eigenvalue weighted by atomic mass is 16.4. The molecule has 20 heavy (non-hydrogen) atoms. The molecule has 0 unspecified atom stereocenters. The van der Waals surface area contributed by atoms with E-state index in [4.69, 9.17) is 10.8 Å². The number of benzene rings is 1. The first-order valence-corrected chi connectivity index (χ1v) is 6.61. The van der Waals surface area contributed by atoms with Crippen LogP contribution in [-0.2, 0) is 9.59 Å². The van der Waals surface area contributed by atoms with Crippen LogP contribution < -0.4 is 5.73 Å². The Hall–Kier alpha value is -2.30. The summed E-state index contributed by atoms with van der Waals surface area (Å²) in [6, 6.07) is 7.23. The van der Waals surface area contributed by atoms with E-state index < -0.39 is 11.9 Å². The van der Waals surface area contributed by atoms with Crippen LogP contribution in [-0.4, -0.2) is 35.0 Å². The second-order valence-corrected chi connectivity index (χ2v) is 4.97. The first kappa shape index (κ1) is 14.1. The lowest BCUT2D eigenvalue weighted by Crippen LogP contribution is -2.41. The summed E-state index contributed by atoms with van der Waals surface area (Å²) < 4.78 is 0. The van der Waals surface area contributed by atoms with E-state index in [9.17, 15) is 9.59 Å². The summed E-state index contributed by atoms with van der Waals surface area (Å²) in [4.78, 5) is 24.6. The molecule has 0 aliphatic carbocycles. The molecule has 3 N–H and O–H groups in total. The van der Waals surface area contributed by atoms with Crippen molar-refractivity contribution in [1.29, 1.82) is 0 Å². The highest BCUT2D eigenvalue weighted by molar-refractivity contribution is 5.92. The molecule has 1 aromatic rings. The molecule has 5 nitrogen and oxygen atoms in total. The minimum absolute atomic E-state index is 0.154. The van der Waals surface area contributed by atoms with Crippen LogP contribution in [0.1, 0.15) is 18.4 Å². The number of hydrogen-bond acceptors (Lipinski definition) is 3. The quantitative estimate of drug-likeness (QED) is 0.648. The fourth-order valence-electron chi connectivity index (χ4n) is 2.31. The predicted molar refractivity (Wildman–Crippen MR) is 76.8 cm³/mol. The molecule has 1 aliphatic heterocycles. The van der Waals surface area contributed by atoms with Crippen LogP contribution >= 0.6 is 0 Å². The Balaban J connectivity index is 1.99. The van der Waals surface area contributed by atoms with E-state index >= 15 is 0 Å². The SMILES string of the molecule is Nc1cccc(/C=C/C(=O)N2CCC[C@H](C(=O)O)C2)c1. The topological polar surface area (TPSA) is 83.6 Å². The Kier molecular flexibility index (Phi) is 4.40. The molecule has 1 amide bonds. The molecule has 2 rings (SSSR count). The summed E-state index contributed by atoms with van der Waals surface area (Å²) in [7, 11) is 0. The van der Waals surface area contributed by atoms with E-state index in [1.54, 1.807) is 23.1 Å². The molecule has 1 atom stereocenters. The van der Waals surface area contributed by atoms with Gasteiger partial charge in [-0.2, -0.15) is 0 Å². The molecule has 1 heterocycles. The Morgan fingerprint density at radius 1 is 1.40 bits per heavy atom. The first-order chi connectivity index (χ1) is 9.56. The first-order valence-electron chi connectivity index (χ1n) is 6.61. The van der Waals surface area contributed by atoms with Crippen molar-refractivity contribution in [3.63, 3.8) is 0 Å². The molecule has 1 saturated heterocycles. The highest BCUT2D eigenvalue weighted by Gasteiger charge is 2.26. The third-order valence-electron chi connectivity index (χ3n) is 3.41. The van der Waals surface area contributed by atoms with Gasteiger partial charge in [0.1, 0.15) is 0 Å². The number of carbonyl (C=O) groups is 2. The number of likely N-dealkylation sites (tertiary alicyclic amines) is 1. The monoisotopic (exact) mass is 274 g/mol. The smallest absolute Gasteiger partial charge is 0.308 e. The number of rotatable bonds is 3. The number of anilines is 1. The molecule has 0 spiro atoms. The predicted octanol–water partition coefficient (Wildman–Crippen LogP) is 1.61. The van der Waals surface area contributed by atoms with Gasteiger partial charge in [-0.15, -0.1) is 0 Å². The number of hydrogen-bond donors (Lipinski definition) is 2. The lowest BCUT2D eigenvalue weighted by atomic mass is 9.98. The van der Waals surface area contributed by atoms with Crippen molar-refractivity contribution in [2.24, 2.45) is 5.92 Å². The van der Waals surface area contributed by atoms with Crippen LogP contribution in [0.15, 0.2) is 30.3 Å². The highest BCUT2D eigenvalue weighted by Crippen LogP contribution is 2.17. The minimum Gasteiger partial charge on any atom is -0.481 e. The molecule has 1 aromatic carbocycles. The summed E-state index contributed by atoms with van der Waals surface area (Å²) in [5.41, 5.74) is 7.16. The zero-order chi connectivity index (χ0) is 14.5. The third-order valence-corrected chi connectivity index (χ3v) is 3.41. The molecule has 0 saturated carbocycles. The molecular formula is C15H18N2O3. The van der Waals surface area contributed by atoms with Gasteiger partial charge in [0.25, 0.3) is 0 Å². The van der Waals surface area contributed by atoms with Crippen LogP contribution in [0, 0.1) is 5.92 Å². The van der Waals surface area contributed by atoms with Gasteiger partial charge in [-0.05, 0) is 36.6 Å². The molecule has 5 heteroatoms. The standard InChI is InChI=1S/C15H18N2O3/c16-13-5-1-3-11(9-13)6-7-14(18)17-8-2-4-12(10-17)15(19)20/h1,3,5-7,9,12H,2,4,8,10,16H2,(H,19,20)/b7-6+/t12-/m0/s1. The summed E-state index contributed by atoms with van der Waals surface area (Å²) in [6.07, 6.45) is 4.54. The molecule has 106 valence electrons. The number of nitrogens with zero attached hydrogens (tertiary/aromatic N) is 1. The van der Waals surface area contributed by atoms with Gasteiger partial charge < -0.3 is 15.7 Å². The minimum atomic E-state index is -0.831. The van der Waals surface area contributed by atoms with E-state index in [-0.39, 0.29) is 12.5 Å². The third kappa shape index (κ3) is 3.60. The maximum atomic E-state index is 12.0. The van der Waals surface area contributed by atoms with Gasteiger partial charge in [0.15, 0.2) is 0 Å². The zero-order valence-corrected chi connectivity index (χ0v) is 11.2. The van der Waals surface area contributed by atoms with Crippen molar-refractivity contribution in [3.8, 4) is 0 Å². The lowest BCUT2D eigenvalue weighted by Gasteiger charge is -2.29. The fraction of sp³-hybridized carbons (Fsp3) is 0.333. The molecular weight excluding hydrogens is 256 g/mol. The summed E-state index contributed by atoms with van der Waals surface area (Å²) >= 11 is 0. The summed E-state index contributed by atoms with van der Waals surface area (Å²) in [6.45, 7) is 0.902. The van der Waals surface area contributed by atoms with Gasteiger partial charge in [0.2, 0.25) is 5.91 Å². The molecule has 0 bridgehead atoms. The van der Waals surface area contributed by atoms with Crippen LogP contribution in [0.3, 0.4) is 0 Å². The molecule has 0 radical (unpaired) electrons. The fourth-order valence-corrected chi connectivity index (χ4v) is 2.31. The average molecular weight is 274 g/mol. The van der Waals surface area contributed by atoms with Gasteiger partial charge >= 0.3 is 5.97 Å². The number of amides is 1. The molecule has 1 aliphatic rings. The van der Waals surface area contributed by atoms with Gasteiger partial charge in [0, 0.05) is 24.9 Å².